The van der Waals surface area contributed by atoms with Crippen molar-refractivity contribution in [3.63, 3.8) is 0 Å². The van der Waals surface area contributed by atoms with Gasteiger partial charge in [-0.2, -0.15) is 0 Å². The number of hydrogen-bond acceptors (Lipinski definition) is 4. The lowest BCUT2D eigenvalue weighted by Crippen LogP contribution is -2.34. The van der Waals surface area contributed by atoms with Crippen LogP contribution in [0.2, 0.25) is 0 Å². The first-order chi connectivity index (χ1) is 7.86. The first-order valence-corrected chi connectivity index (χ1v) is 8.50. The monoisotopic (exact) mass is 454 g/mol. The van der Waals surface area contributed by atoms with Crippen LogP contribution in [-0.4, -0.2) is 59.7 Å². The standard InChI is InChI=1S/C10H16I2O4/c11-1-3-13-7-5-15-10-8(14-4-2-12)6-16-9(7)10/h7-10H,1-6H2/t7-,8+,9-,10-/m1/s1. The molecule has 0 aromatic carbocycles. The van der Waals surface area contributed by atoms with E-state index in [2.05, 4.69) is 45.2 Å². The first-order valence-electron chi connectivity index (χ1n) is 5.45. The van der Waals surface area contributed by atoms with E-state index in [0.29, 0.717) is 13.2 Å². The minimum absolute atomic E-state index is 0.0714. The van der Waals surface area contributed by atoms with E-state index in [4.69, 9.17) is 18.9 Å². The van der Waals surface area contributed by atoms with Crippen LogP contribution in [0, 0.1) is 0 Å². The van der Waals surface area contributed by atoms with Crippen LogP contribution < -0.4 is 0 Å². The molecule has 2 aliphatic heterocycles. The molecule has 0 bridgehead atoms. The fourth-order valence-electron chi connectivity index (χ4n) is 2.11. The topological polar surface area (TPSA) is 36.9 Å². The van der Waals surface area contributed by atoms with Crippen molar-refractivity contribution in [3.05, 3.63) is 0 Å². The SMILES string of the molecule is ICCO[C@H]1CO[C@H]2[C@@H]1OC[C@H]2OCCI. The minimum atomic E-state index is 0.0714. The highest BCUT2D eigenvalue weighted by Crippen LogP contribution is 2.30. The van der Waals surface area contributed by atoms with Gasteiger partial charge in [-0.1, -0.05) is 45.2 Å². The number of alkyl halides is 2. The van der Waals surface area contributed by atoms with Crippen molar-refractivity contribution in [1.82, 2.24) is 0 Å². The molecule has 2 saturated heterocycles. The maximum absolute atomic E-state index is 5.72. The van der Waals surface area contributed by atoms with E-state index in [1.165, 1.54) is 0 Å². The Morgan fingerprint density at radius 3 is 1.69 bits per heavy atom. The molecule has 2 rings (SSSR count). The summed E-state index contributed by atoms with van der Waals surface area (Å²) in [5.41, 5.74) is 0. The van der Waals surface area contributed by atoms with Gasteiger partial charge in [-0.05, 0) is 0 Å². The smallest absolute Gasteiger partial charge is 0.115 e. The molecule has 0 amide bonds. The molecule has 4 nitrogen and oxygen atoms in total. The molecule has 0 aliphatic carbocycles. The second-order valence-corrected chi connectivity index (χ2v) is 5.95. The van der Waals surface area contributed by atoms with Gasteiger partial charge in [0, 0.05) is 8.86 Å². The molecule has 0 saturated carbocycles. The van der Waals surface area contributed by atoms with Crippen molar-refractivity contribution in [2.45, 2.75) is 24.4 Å². The van der Waals surface area contributed by atoms with Gasteiger partial charge in [0.15, 0.2) is 0 Å². The Balaban J connectivity index is 1.80. The van der Waals surface area contributed by atoms with E-state index >= 15 is 0 Å². The van der Waals surface area contributed by atoms with Gasteiger partial charge in [0.2, 0.25) is 0 Å². The van der Waals surface area contributed by atoms with Crippen LogP contribution in [0.4, 0.5) is 0 Å². The van der Waals surface area contributed by atoms with Gasteiger partial charge < -0.3 is 18.9 Å². The molecule has 0 spiro atoms. The summed E-state index contributed by atoms with van der Waals surface area (Å²) in [5, 5.41) is 0. The summed E-state index contributed by atoms with van der Waals surface area (Å²) in [6, 6.07) is 0. The molecular formula is C10H16I2O4. The number of hydrogen-bond donors (Lipinski definition) is 0. The normalized spacial score (nSPS) is 37.9. The predicted octanol–water partition coefficient (Wildman–Crippen LogP) is 1.42. The molecule has 0 unspecified atom stereocenters. The Bertz CT molecular complexity index is 195. The highest BCUT2D eigenvalue weighted by Gasteiger charge is 2.48. The lowest BCUT2D eigenvalue weighted by atomic mass is 10.1. The molecule has 0 aromatic rings. The fraction of sp³-hybridized carbons (Fsp3) is 1.00. The summed E-state index contributed by atoms with van der Waals surface area (Å²) in [5.74, 6) is 0. The van der Waals surface area contributed by atoms with Gasteiger partial charge in [0.05, 0.1) is 26.4 Å². The first kappa shape index (κ1) is 13.7. The van der Waals surface area contributed by atoms with E-state index in [1.54, 1.807) is 0 Å². The summed E-state index contributed by atoms with van der Waals surface area (Å²) in [6.45, 7) is 2.80. The fourth-order valence-corrected chi connectivity index (χ4v) is 2.62. The molecule has 16 heavy (non-hydrogen) atoms. The zero-order valence-electron chi connectivity index (χ0n) is 8.94. The van der Waals surface area contributed by atoms with Crippen LogP contribution >= 0.6 is 45.2 Å². The van der Waals surface area contributed by atoms with Crippen molar-refractivity contribution in [1.29, 1.82) is 0 Å². The third kappa shape index (κ3) is 3.19. The Labute approximate surface area is 123 Å². The van der Waals surface area contributed by atoms with Crippen LogP contribution in [0.3, 0.4) is 0 Å². The Hall–Kier alpha value is 1.30. The van der Waals surface area contributed by atoms with E-state index in [1.807, 2.05) is 0 Å². The van der Waals surface area contributed by atoms with Crippen LogP contribution in [0.1, 0.15) is 0 Å². The molecule has 2 fully saturated rings. The molecule has 0 aromatic heterocycles. The van der Waals surface area contributed by atoms with Gasteiger partial charge in [0.25, 0.3) is 0 Å². The van der Waals surface area contributed by atoms with Gasteiger partial charge in [-0.3, -0.25) is 0 Å². The van der Waals surface area contributed by atoms with Crippen molar-refractivity contribution in [2.24, 2.45) is 0 Å². The summed E-state index contributed by atoms with van der Waals surface area (Å²) in [7, 11) is 0. The van der Waals surface area contributed by atoms with Gasteiger partial charge >= 0.3 is 0 Å². The predicted molar refractivity (Wildman–Crippen MR) is 76.7 cm³/mol. The minimum Gasteiger partial charge on any atom is -0.372 e. The van der Waals surface area contributed by atoms with Crippen LogP contribution in [-0.2, 0) is 18.9 Å². The molecule has 0 N–H and O–H groups in total. The zero-order valence-corrected chi connectivity index (χ0v) is 13.3. The van der Waals surface area contributed by atoms with Crippen molar-refractivity contribution < 1.29 is 18.9 Å². The number of ether oxygens (including phenoxy) is 4. The highest BCUT2D eigenvalue weighted by atomic mass is 127. The molecule has 0 radical (unpaired) electrons. The average molecular weight is 454 g/mol. The summed E-state index contributed by atoms with van der Waals surface area (Å²) >= 11 is 4.61. The number of rotatable bonds is 6. The zero-order chi connectivity index (χ0) is 11.4. The van der Waals surface area contributed by atoms with E-state index in [0.717, 1.165) is 22.1 Å². The van der Waals surface area contributed by atoms with Crippen LogP contribution in [0.5, 0.6) is 0 Å². The van der Waals surface area contributed by atoms with Gasteiger partial charge in [0.1, 0.15) is 24.4 Å². The number of halogens is 2. The maximum atomic E-state index is 5.72. The van der Waals surface area contributed by atoms with Crippen molar-refractivity contribution in [2.75, 3.05) is 35.3 Å². The Kier molecular flexibility index (Phi) is 6.03. The van der Waals surface area contributed by atoms with E-state index in [-0.39, 0.29) is 24.4 Å². The Morgan fingerprint density at radius 1 is 0.875 bits per heavy atom. The summed E-state index contributed by atoms with van der Waals surface area (Å²) in [4.78, 5) is 0. The molecule has 94 valence electrons. The maximum Gasteiger partial charge on any atom is 0.115 e. The summed E-state index contributed by atoms with van der Waals surface area (Å²) in [6.07, 6.45) is 0.324. The molecular weight excluding hydrogens is 438 g/mol. The van der Waals surface area contributed by atoms with Crippen LogP contribution in [0.15, 0.2) is 0 Å². The molecule has 6 heteroatoms. The largest absolute Gasteiger partial charge is 0.372 e. The average Bonchev–Trinajstić information content (AvgIpc) is 2.86. The Morgan fingerprint density at radius 2 is 1.31 bits per heavy atom. The third-order valence-corrected chi connectivity index (χ3v) is 3.66. The second-order valence-electron chi connectivity index (χ2n) is 3.79. The van der Waals surface area contributed by atoms with Crippen molar-refractivity contribution in [3.8, 4) is 0 Å². The van der Waals surface area contributed by atoms with E-state index in [9.17, 15) is 0 Å². The van der Waals surface area contributed by atoms with Crippen molar-refractivity contribution >= 4 is 45.2 Å². The molecule has 4 atom stereocenters. The molecule has 2 heterocycles. The lowest BCUT2D eigenvalue weighted by Gasteiger charge is -2.16. The molecule has 2 aliphatic rings. The second kappa shape index (κ2) is 7.03. The van der Waals surface area contributed by atoms with Gasteiger partial charge in [-0.15, -0.1) is 0 Å². The highest BCUT2D eigenvalue weighted by molar-refractivity contribution is 14.1. The summed E-state index contributed by atoms with van der Waals surface area (Å²) < 4.78 is 24.8. The quantitative estimate of drug-likeness (QED) is 0.450. The van der Waals surface area contributed by atoms with Gasteiger partial charge in [-0.25, -0.2) is 0 Å². The lowest BCUT2D eigenvalue weighted by molar-refractivity contribution is -0.0442. The van der Waals surface area contributed by atoms with Crippen LogP contribution in [0.25, 0.3) is 0 Å². The van der Waals surface area contributed by atoms with E-state index < -0.39 is 0 Å². The third-order valence-electron chi connectivity index (χ3n) is 2.78. The number of fused-ring (bicyclic) bond motifs is 1.